The number of ether oxygens (including phenoxy) is 2. The lowest BCUT2D eigenvalue weighted by Gasteiger charge is -2.33. The second-order valence-corrected chi connectivity index (χ2v) is 7.82. The fourth-order valence-electron chi connectivity index (χ4n) is 3.61. The molecule has 2 aromatic rings. The summed E-state index contributed by atoms with van der Waals surface area (Å²) in [6.45, 7) is 4.85. The van der Waals surface area contributed by atoms with E-state index >= 15 is 0 Å². The highest BCUT2D eigenvalue weighted by Crippen LogP contribution is 2.25. The second kappa shape index (κ2) is 10.8. The Morgan fingerprint density at radius 2 is 1.66 bits per heavy atom. The third-order valence-corrected chi connectivity index (χ3v) is 5.34. The number of amides is 2. The number of aryl methyl sites for hydroxylation is 2. The van der Waals surface area contributed by atoms with Crippen molar-refractivity contribution in [3.8, 4) is 11.5 Å². The van der Waals surface area contributed by atoms with E-state index in [0.717, 1.165) is 16.8 Å². The van der Waals surface area contributed by atoms with E-state index in [1.54, 1.807) is 23.1 Å². The van der Waals surface area contributed by atoms with Crippen molar-refractivity contribution in [1.29, 1.82) is 0 Å². The maximum Gasteiger partial charge on any atom is 0.238 e. The van der Waals surface area contributed by atoms with E-state index in [1.807, 2.05) is 38.1 Å². The summed E-state index contributed by atoms with van der Waals surface area (Å²) in [5.74, 6) is 0.482. The van der Waals surface area contributed by atoms with Crippen LogP contribution >= 0.6 is 0 Å². The van der Waals surface area contributed by atoms with Gasteiger partial charge in [0.05, 0.1) is 26.7 Å². The highest BCUT2D eigenvalue weighted by Gasteiger charge is 2.27. The molecule has 0 radical (unpaired) electrons. The Morgan fingerprint density at radius 1 is 0.969 bits per heavy atom. The van der Waals surface area contributed by atoms with Gasteiger partial charge in [0.2, 0.25) is 11.8 Å². The van der Waals surface area contributed by atoms with Gasteiger partial charge in [0, 0.05) is 18.8 Å². The Bertz CT molecular complexity index is 971. The number of benzene rings is 2. The monoisotopic (exact) mass is 439 g/mol. The minimum atomic E-state index is -0.203. The van der Waals surface area contributed by atoms with Gasteiger partial charge in [-0.2, -0.15) is 0 Å². The third kappa shape index (κ3) is 6.07. The molecule has 0 aliphatic carbocycles. The van der Waals surface area contributed by atoms with Crippen LogP contribution in [0.2, 0.25) is 0 Å². The second-order valence-electron chi connectivity index (χ2n) is 7.82. The number of methoxy groups -OCH3 is 1. The van der Waals surface area contributed by atoms with Crippen molar-refractivity contribution in [3.05, 3.63) is 53.6 Å². The number of hydrogen-bond donors (Lipinski definition) is 1. The molecule has 8 heteroatoms. The van der Waals surface area contributed by atoms with Gasteiger partial charge < -0.3 is 19.7 Å². The molecule has 8 nitrogen and oxygen atoms in total. The lowest BCUT2D eigenvalue weighted by atomic mass is 10.1. The van der Waals surface area contributed by atoms with E-state index in [9.17, 15) is 14.4 Å². The standard InChI is InChI=1S/C24H29N3O5/c1-17-7-6-8-18(2)24(17)25-22(29)14-26-11-12-27(23(30)15-26)13-19(28)16-32-21-10-5-4-9-20(21)31-3/h4-10H,11-16H2,1-3H3,(H,25,29). The summed E-state index contributed by atoms with van der Waals surface area (Å²) in [4.78, 5) is 40.6. The van der Waals surface area contributed by atoms with Crippen LogP contribution in [0.1, 0.15) is 11.1 Å². The van der Waals surface area contributed by atoms with E-state index in [1.165, 1.54) is 12.0 Å². The van der Waals surface area contributed by atoms with Crippen LogP contribution in [0.4, 0.5) is 5.69 Å². The zero-order valence-electron chi connectivity index (χ0n) is 18.7. The van der Waals surface area contributed by atoms with Gasteiger partial charge in [0.25, 0.3) is 0 Å². The quantitative estimate of drug-likeness (QED) is 0.643. The number of carbonyl (C=O) groups is 3. The fraction of sp³-hybridized carbons (Fsp3) is 0.375. The van der Waals surface area contributed by atoms with Gasteiger partial charge >= 0.3 is 0 Å². The maximum atomic E-state index is 12.5. The lowest BCUT2D eigenvalue weighted by Crippen LogP contribution is -2.53. The third-order valence-electron chi connectivity index (χ3n) is 5.34. The first-order chi connectivity index (χ1) is 15.4. The smallest absolute Gasteiger partial charge is 0.238 e. The summed E-state index contributed by atoms with van der Waals surface area (Å²) in [6, 6.07) is 12.9. The van der Waals surface area contributed by atoms with Crippen LogP contribution in [0, 0.1) is 13.8 Å². The number of para-hydroxylation sites is 3. The summed E-state index contributed by atoms with van der Waals surface area (Å²) in [7, 11) is 1.53. The predicted octanol–water partition coefficient (Wildman–Crippen LogP) is 2.04. The van der Waals surface area contributed by atoms with E-state index in [0.29, 0.717) is 24.6 Å². The van der Waals surface area contributed by atoms with Crippen molar-refractivity contribution >= 4 is 23.3 Å². The summed E-state index contributed by atoms with van der Waals surface area (Å²) in [5.41, 5.74) is 2.80. The Hall–Kier alpha value is -3.39. The first kappa shape index (κ1) is 23.3. The predicted molar refractivity (Wildman–Crippen MR) is 121 cm³/mol. The van der Waals surface area contributed by atoms with Crippen LogP contribution in [0.3, 0.4) is 0 Å². The van der Waals surface area contributed by atoms with Gasteiger partial charge in [0.1, 0.15) is 6.61 Å². The molecule has 1 fully saturated rings. The van der Waals surface area contributed by atoms with Crippen molar-refractivity contribution in [1.82, 2.24) is 9.80 Å². The first-order valence-corrected chi connectivity index (χ1v) is 10.5. The minimum Gasteiger partial charge on any atom is -0.493 e. The molecular formula is C24H29N3O5. The highest BCUT2D eigenvalue weighted by atomic mass is 16.5. The normalized spacial score (nSPS) is 14.2. The van der Waals surface area contributed by atoms with Crippen molar-refractivity contribution in [2.75, 3.05) is 51.8 Å². The molecule has 3 rings (SSSR count). The Labute approximate surface area is 188 Å². The molecule has 1 heterocycles. The van der Waals surface area contributed by atoms with Gasteiger partial charge in [0.15, 0.2) is 17.3 Å². The van der Waals surface area contributed by atoms with Crippen LogP contribution in [0.5, 0.6) is 11.5 Å². The lowest BCUT2D eigenvalue weighted by molar-refractivity contribution is -0.140. The zero-order valence-corrected chi connectivity index (χ0v) is 18.7. The number of anilines is 1. The molecule has 2 amide bonds. The summed E-state index contributed by atoms with van der Waals surface area (Å²) < 4.78 is 10.7. The van der Waals surface area contributed by atoms with E-state index in [-0.39, 0.29) is 43.8 Å². The van der Waals surface area contributed by atoms with Crippen LogP contribution in [-0.4, -0.2) is 73.8 Å². The van der Waals surface area contributed by atoms with Crippen LogP contribution in [0.25, 0.3) is 0 Å². The van der Waals surface area contributed by atoms with E-state index < -0.39 is 0 Å². The number of carbonyl (C=O) groups excluding carboxylic acids is 3. The highest BCUT2D eigenvalue weighted by molar-refractivity contribution is 5.94. The molecule has 1 saturated heterocycles. The number of hydrogen-bond acceptors (Lipinski definition) is 6. The molecule has 0 spiro atoms. The van der Waals surface area contributed by atoms with Gasteiger partial charge in [-0.15, -0.1) is 0 Å². The SMILES string of the molecule is COc1ccccc1OCC(=O)CN1CCN(CC(=O)Nc2c(C)cccc2C)CC1=O. The van der Waals surface area contributed by atoms with Crippen molar-refractivity contribution < 1.29 is 23.9 Å². The Morgan fingerprint density at radius 3 is 2.31 bits per heavy atom. The van der Waals surface area contributed by atoms with Crippen LogP contribution in [-0.2, 0) is 14.4 Å². The van der Waals surface area contributed by atoms with Gasteiger partial charge in [-0.25, -0.2) is 0 Å². The van der Waals surface area contributed by atoms with Gasteiger partial charge in [-0.3, -0.25) is 19.3 Å². The molecule has 170 valence electrons. The number of nitrogens with zero attached hydrogens (tertiary/aromatic N) is 2. The molecule has 1 aliphatic rings. The largest absolute Gasteiger partial charge is 0.493 e. The van der Waals surface area contributed by atoms with Crippen molar-refractivity contribution in [3.63, 3.8) is 0 Å². The molecular weight excluding hydrogens is 410 g/mol. The molecule has 32 heavy (non-hydrogen) atoms. The Balaban J connectivity index is 1.45. The minimum absolute atomic E-state index is 0.0174. The molecule has 0 saturated carbocycles. The van der Waals surface area contributed by atoms with E-state index in [2.05, 4.69) is 5.32 Å². The summed E-state index contributed by atoms with van der Waals surface area (Å²) in [6.07, 6.45) is 0. The van der Waals surface area contributed by atoms with Crippen LogP contribution < -0.4 is 14.8 Å². The van der Waals surface area contributed by atoms with Gasteiger partial charge in [-0.1, -0.05) is 30.3 Å². The average Bonchev–Trinajstić information content (AvgIpc) is 2.77. The fourth-order valence-corrected chi connectivity index (χ4v) is 3.61. The number of rotatable bonds is 9. The zero-order chi connectivity index (χ0) is 23.1. The molecule has 0 bridgehead atoms. The topological polar surface area (TPSA) is 88.2 Å². The molecule has 0 atom stereocenters. The Kier molecular flexibility index (Phi) is 7.83. The maximum absolute atomic E-state index is 12.5. The number of nitrogens with one attached hydrogen (secondary N) is 1. The molecule has 1 aliphatic heterocycles. The van der Waals surface area contributed by atoms with Crippen LogP contribution in [0.15, 0.2) is 42.5 Å². The number of ketones is 1. The molecule has 2 aromatic carbocycles. The molecule has 0 aromatic heterocycles. The van der Waals surface area contributed by atoms with E-state index in [4.69, 9.17) is 9.47 Å². The first-order valence-electron chi connectivity index (χ1n) is 10.5. The number of Topliss-reactive ketones (excluding diaryl/α,β-unsaturated/α-hetero) is 1. The summed E-state index contributed by atoms with van der Waals surface area (Å²) in [5, 5.41) is 2.94. The average molecular weight is 440 g/mol. The van der Waals surface area contributed by atoms with Crippen molar-refractivity contribution in [2.24, 2.45) is 0 Å². The number of piperazine rings is 1. The van der Waals surface area contributed by atoms with Gasteiger partial charge in [-0.05, 0) is 37.1 Å². The summed E-state index contributed by atoms with van der Waals surface area (Å²) >= 11 is 0. The van der Waals surface area contributed by atoms with Crippen molar-refractivity contribution in [2.45, 2.75) is 13.8 Å². The molecule has 1 N–H and O–H groups in total. The molecule has 0 unspecified atom stereocenters.